The number of aliphatic hydroxyl groups is 1. The predicted octanol–water partition coefficient (Wildman–Crippen LogP) is 1.88. The van der Waals surface area contributed by atoms with E-state index in [4.69, 9.17) is 14.2 Å². The highest BCUT2D eigenvalue weighted by atomic mass is 16.7. The fourth-order valence-corrected chi connectivity index (χ4v) is 2.73. The van der Waals surface area contributed by atoms with Crippen LogP contribution in [0.3, 0.4) is 0 Å². The van der Waals surface area contributed by atoms with Gasteiger partial charge in [-0.1, -0.05) is 37.3 Å². The van der Waals surface area contributed by atoms with Crippen molar-refractivity contribution in [2.24, 2.45) is 5.92 Å². The molecule has 2 aliphatic rings. The van der Waals surface area contributed by atoms with Crippen LogP contribution in [0.25, 0.3) is 0 Å². The molecule has 4 nitrogen and oxygen atoms in total. The molecule has 0 amide bonds. The Morgan fingerprint density at radius 3 is 2.58 bits per heavy atom. The summed E-state index contributed by atoms with van der Waals surface area (Å²) in [5, 5.41) is 10.3. The van der Waals surface area contributed by atoms with Crippen LogP contribution in [0.15, 0.2) is 30.3 Å². The maximum atomic E-state index is 10.3. The number of rotatable bonds is 1. The zero-order valence-electron chi connectivity index (χ0n) is 11.2. The van der Waals surface area contributed by atoms with Crippen molar-refractivity contribution in [3.8, 4) is 0 Å². The summed E-state index contributed by atoms with van der Waals surface area (Å²) in [5.74, 6) is 0.0655. The molecule has 3 unspecified atom stereocenters. The van der Waals surface area contributed by atoms with Gasteiger partial charge in [0.15, 0.2) is 6.29 Å². The monoisotopic (exact) mass is 264 g/mol. The fraction of sp³-hybridized carbons (Fsp3) is 0.600. The van der Waals surface area contributed by atoms with Crippen LogP contribution in [0.1, 0.15) is 25.7 Å². The third-order valence-corrected chi connectivity index (χ3v) is 4.14. The van der Waals surface area contributed by atoms with Crippen LogP contribution in [0.4, 0.5) is 0 Å². The number of hydrogen-bond donors (Lipinski definition) is 1. The molecule has 0 radical (unpaired) electrons. The van der Waals surface area contributed by atoms with Gasteiger partial charge in [-0.25, -0.2) is 0 Å². The number of ether oxygens (including phenoxy) is 3. The van der Waals surface area contributed by atoms with Crippen molar-refractivity contribution in [3.05, 3.63) is 35.9 Å². The normalized spacial score (nSPS) is 42.7. The van der Waals surface area contributed by atoms with Crippen LogP contribution in [-0.4, -0.2) is 36.1 Å². The Hall–Kier alpha value is -0.940. The second kappa shape index (κ2) is 5.21. The van der Waals surface area contributed by atoms with Crippen LogP contribution >= 0.6 is 0 Å². The molecule has 0 bridgehead atoms. The lowest BCUT2D eigenvalue weighted by molar-refractivity contribution is -0.318. The molecule has 0 aliphatic carbocycles. The van der Waals surface area contributed by atoms with Gasteiger partial charge in [0.05, 0.1) is 18.8 Å². The van der Waals surface area contributed by atoms with E-state index in [2.05, 4.69) is 0 Å². The summed E-state index contributed by atoms with van der Waals surface area (Å²) in [6.07, 6.45) is -1.40. The van der Waals surface area contributed by atoms with Gasteiger partial charge in [0.25, 0.3) is 0 Å². The molecule has 2 aliphatic heterocycles. The molecule has 2 saturated heterocycles. The average molecular weight is 264 g/mol. The van der Waals surface area contributed by atoms with Crippen molar-refractivity contribution in [3.63, 3.8) is 0 Å². The first-order valence-electron chi connectivity index (χ1n) is 6.82. The second-order valence-electron chi connectivity index (χ2n) is 5.41. The van der Waals surface area contributed by atoms with Gasteiger partial charge in [-0.15, -0.1) is 0 Å². The smallest absolute Gasteiger partial charge is 0.184 e. The first kappa shape index (κ1) is 13.1. The summed E-state index contributed by atoms with van der Waals surface area (Å²) in [7, 11) is 0. The van der Waals surface area contributed by atoms with Crippen LogP contribution in [0.5, 0.6) is 0 Å². The van der Waals surface area contributed by atoms with E-state index in [1.165, 1.54) is 0 Å². The lowest BCUT2D eigenvalue weighted by atomic mass is 9.88. The summed E-state index contributed by atoms with van der Waals surface area (Å²) in [5.41, 5.74) is 0.972. The Labute approximate surface area is 113 Å². The molecule has 104 valence electrons. The highest BCUT2D eigenvalue weighted by Gasteiger charge is 2.46. The van der Waals surface area contributed by atoms with Gasteiger partial charge in [-0.3, -0.25) is 0 Å². The third-order valence-electron chi connectivity index (χ3n) is 4.14. The largest absolute Gasteiger partial charge is 0.390 e. The summed E-state index contributed by atoms with van der Waals surface area (Å²) in [4.78, 5) is 0. The fourth-order valence-electron chi connectivity index (χ4n) is 2.73. The van der Waals surface area contributed by atoms with Crippen LogP contribution in [0.2, 0.25) is 0 Å². The number of hydrogen-bond acceptors (Lipinski definition) is 4. The number of fused-ring (bicyclic) bond motifs is 1. The van der Waals surface area contributed by atoms with Gasteiger partial charge in [0.2, 0.25) is 0 Å². The van der Waals surface area contributed by atoms with Gasteiger partial charge >= 0.3 is 0 Å². The molecule has 4 heteroatoms. The van der Waals surface area contributed by atoms with Crippen molar-refractivity contribution in [1.29, 1.82) is 0 Å². The number of benzene rings is 1. The van der Waals surface area contributed by atoms with E-state index >= 15 is 0 Å². The highest BCUT2D eigenvalue weighted by Crippen LogP contribution is 2.35. The number of aliphatic hydroxyl groups excluding tert-OH is 1. The minimum absolute atomic E-state index is 0.0247. The van der Waals surface area contributed by atoms with E-state index in [-0.39, 0.29) is 24.2 Å². The van der Waals surface area contributed by atoms with E-state index in [9.17, 15) is 5.11 Å². The van der Waals surface area contributed by atoms with Crippen molar-refractivity contribution in [1.82, 2.24) is 0 Å². The molecule has 6 atom stereocenters. The standard InChI is InChI=1S/C15H20O4/c1-9-10(2)18-12-8-17-15(19-14(12)13(9)16)11-6-4-3-5-7-11/h3-7,9-10,12-16H,8H2,1-2H3/t9?,10-,12?,13+,14+,15?/m0/s1. The van der Waals surface area contributed by atoms with Gasteiger partial charge < -0.3 is 19.3 Å². The van der Waals surface area contributed by atoms with E-state index in [0.29, 0.717) is 6.61 Å². The molecule has 2 fully saturated rings. The Morgan fingerprint density at radius 2 is 1.84 bits per heavy atom. The van der Waals surface area contributed by atoms with Gasteiger partial charge in [0.1, 0.15) is 12.2 Å². The molecular formula is C15H20O4. The quantitative estimate of drug-likeness (QED) is 0.841. The highest BCUT2D eigenvalue weighted by molar-refractivity contribution is 5.16. The Morgan fingerprint density at radius 1 is 1.11 bits per heavy atom. The maximum Gasteiger partial charge on any atom is 0.184 e. The molecule has 1 N–H and O–H groups in total. The minimum Gasteiger partial charge on any atom is -0.390 e. The Balaban J connectivity index is 1.75. The summed E-state index contributed by atoms with van der Waals surface area (Å²) >= 11 is 0. The second-order valence-corrected chi connectivity index (χ2v) is 5.41. The van der Waals surface area contributed by atoms with Crippen LogP contribution in [-0.2, 0) is 14.2 Å². The van der Waals surface area contributed by atoms with E-state index in [1.54, 1.807) is 0 Å². The van der Waals surface area contributed by atoms with E-state index < -0.39 is 12.4 Å². The zero-order valence-corrected chi connectivity index (χ0v) is 11.2. The van der Waals surface area contributed by atoms with Crippen LogP contribution < -0.4 is 0 Å². The molecule has 0 aromatic heterocycles. The topological polar surface area (TPSA) is 47.9 Å². The molecule has 3 rings (SSSR count). The maximum absolute atomic E-state index is 10.3. The summed E-state index contributed by atoms with van der Waals surface area (Å²) in [6, 6.07) is 9.79. The van der Waals surface area contributed by atoms with Crippen LogP contribution in [0, 0.1) is 5.92 Å². The van der Waals surface area contributed by atoms with Crippen molar-refractivity contribution >= 4 is 0 Å². The Kier molecular flexibility index (Phi) is 3.58. The average Bonchev–Trinajstić information content (AvgIpc) is 2.46. The molecule has 0 spiro atoms. The molecular weight excluding hydrogens is 244 g/mol. The lowest BCUT2D eigenvalue weighted by Gasteiger charge is -2.46. The SMILES string of the molecule is CC1[C@H](C)OC2COC(c3ccccc3)O[C@H]2[C@@H]1O. The summed E-state index contributed by atoms with van der Waals surface area (Å²) < 4.78 is 17.5. The molecule has 1 aromatic carbocycles. The Bertz CT molecular complexity index is 419. The van der Waals surface area contributed by atoms with Gasteiger partial charge in [0, 0.05) is 11.5 Å². The van der Waals surface area contributed by atoms with Crippen molar-refractivity contribution in [2.75, 3.05) is 6.61 Å². The minimum atomic E-state index is -0.510. The molecule has 2 heterocycles. The van der Waals surface area contributed by atoms with Gasteiger partial charge in [-0.05, 0) is 6.92 Å². The molecule has 0 saturated carbocycles. The van der Waals surface area contributed by atoms with E-state index in [0.717, 1.165) is 5.56 Å². The first-order chi connectivity index (χ1) is 9.16. The van der Waals surface area contributed by atoms with E-state index in [1.807, 2.05) is 44.2 Å². The van der Waals surface area contributed by atoms with Gasteiger partial charge in [-0.2, -0.15) is 0 Å². The zero-order chi connectivity index (χ0) is 13.4. The third kappa shape index (κ3) is 2.41. The predicted molar refractivity (Wildman–Crippen MR) is 69.5 cm³/mol. The first-order valence-corrected chi connectivity index (χ1v) is 6.82. The summed E-state index contributed by atoms with van der Waals surface area (Å²) in [6.45, 7) is 4.42. The molecule has 1 aromatic rings. The van der Waals surface area contributed by atoms with Crippen molar-refractivity contribution < 1.29 is 19.3 Å². The lowest BCUT2D eigenvalue weighted by Crippen LogP contribution is -2.57. The van der Waals surface area contributed by atoms with Crippen molar-refractivity contribution in [2.45, 2.75) is 44.6 Å². The molecule has 19 heavy (non-hydrogen) atoms.